The van der Waals surface area contributed by atoms with Gasteiger partial charge in [0.1, 0.15) is 19.3 Å². The number of carbonyl (C=O) groups excluding carboxylic acids is 2. The number of phosphoric acid groups is 1. The lowest BCUT2D eigenvalue weighted by molar-refractivity contribution is -0.870. The third-order valence-electron chi connectivity index (χ3n) is 15.6. The lowest BCUT2D eigenvalue weighted by Gasteiger charge is -2.27. The number of phosphoric ester groups is 1. The van der Waals surface area contributed by atoms with Crippen LogP contribution >= 0.6 is 7.82 Å². The van der Waals surface area contributed by atoms with Crippen LogP contribution in [0.3, 0.4) is 0 Å². The predicted octanol–water partition coefficient (Wildman–Crippen LogP) is 21.5. The van der Waals surface area contributed by atoms with E-state index in [2.05, 4.69) is 50.4 Å². The molecule has 466 valence electrons. The van der Waals surface area contributed by atoms with Crippen molar-refractivity contribution in [2.45, 2.75) is 354 Å². The first kappa shape index (κ1) is 77.2. The Morgan fingerprint density at radius 3 is 1.16 bits per heavy atom. The molecule has 2 N–H and O–H groups in total. The molecule has 0 aromatic rings. The maximum Gasteiger partial charge on any atom is 0.472 e. The molecule has 0 aromatic carbocycles. The van der Waals surface area contributed by atoms with Gasteiger partial charge in [0, 0.05) is 12.8 Å². The minimum Gasteiger partial charge on any atom is -0.456 e. The minimum absolute atomic E-state index is 0.0415. The third-order valence-corrected chi connectivity index (χ3v) is 16.6. The van der Waals surface area contributed by atoms with E-state index in [-0.39, 0.29) is 31.5 Å². The Hall–Kier alpha value is -1.77. The monoisotopic (exact) mass is 1130 g/mol. The van der Waals surface area contributed by atoms with E-state index in [0.717, 1.165) is 77.0 Å². The average molecular weight is 1130 g/mol. The van der Waals surface area contributed by atoms with E-state index in [1.807, 2.05) is 33.3 Å². The van der Waals surface area contributed by atoms with Crippen molar-refractivity contribution < 1.29 is 37.3 Å². The topological polar surface area (TPSA) is 111 Å². The fourth-order valence-electron chi connectivity index (χ4n) is 10.3. The summed E-state index contributed by atoms with van der Waals surface area (Å²) in [6.45, 7) is 7.04. The Morgan fingerprint density at radius 2 is 0.772 bits per heavy atom. The molecule has 0 radical (unpaired) electrons. The largest absolute Gasteiger partial charge is 0.472 e. The SMILES string of the molecule is CCCCC/C=C\C/C=C\CCCCCCCCCC(=O)OC(/C=C/CCCCCCCCCCCCC)C(COP(=O)(O)OCC[N+](C)(C)C)NC(=O)CCCCCCCCCCCCCCCCCCCCCCCCC. The van der Waals surface area contributed by atoms with Crippen molar-refractivity contribution in [3.8, 4) is 0 Å². The molecule has 3 unspecified atom stereocenters. The molecule has 0 saturated carbocycles. The molecule has 0 heterocycles. The number of ether oxygens (including phenoxy) is 1. The molecule has 1 amide bonds. The van der Waals surface area contributed by atoms with E-state index >= 15 is 0 Å². The van der Waals surface area contributed by atoms with Crippen LogP contribution in [-0.2, 0) is 27.9 Å². The van der Waals surface area contributed by atoms with Gasteiger partial charge in [0.2, 0.25) is 5.91 Å². The second-order valence-corrected chi connectivity index (χ2v) is 26.2. The number of nitrogens with one attached hydrogen (secondary N) is 1. The van der Waals surface area contributed by atoms with Gasteiger partial charge in [-0.15, -0.1) is 0 Å². The number of nitrogens with zero attached hydrogens (tertiary/aromatic N) is 1. The second-order valence-electron chi connectivity index (χ2n) is 24.7. The number of rotatable bonds is 63. The fraction of sp³-hybridized carbons (Fsp3) is 0.884. The number of amides is 1. The molecule has 0 bridgehead atoms. The van der Waals surface area contributed by atoms with E-state index in [1.165, 1.54) is 231 Å². The number of quaternary nitrogens is 1. The zero-order valence-electron chi connectivity index (χ0n) is 53.4. The third kappa shape index (κ3) is 60.6. The highest BCUT2D eigenvalue weighted by Crippen LogP contribution is 2.43. The molecule has 0 aliphatic carbocycles. The first-order chi connectivity index (χ1) is 38.4. The standard InChI is InChI=1S/C69H133N2O7P/c1-7-10-13-16-19-22-25-28-30-32-33-34-35-36-37-39-40-43-46-49-52-55-58-61-68(72)70-66(65-77-79(74,75)76-64-63-71(4,5)6)67(60-57-54-51-48-45-42-27-24-21-18-15-12-9-3)78-69(73)62-59-56-53-50-47-44-41-38-31-29-26-23-20-17-14-11-8-2/h20,23,29,31,57,60,66-67H,7-19,21-22,24-28,30,32-56,58-59,61-65H2,1-6H3,(H-,70,72,74,75)/p+1/b23-20-,31-29-,60-57+. The highest BCUT2D eigenvalue weighted by Gasteiger charge is 2.30. The van der Waals surface area contributed by atoms with Crippen molar-refractivity contribution in [2.75, 3.05) is 40.9 Å². The molecule has 0 saturated heterocycles. The van der Waals surface area contributed by atoms with Gasteiger partial charge in [-0.25, -0.2) is 4.57 Å². The molecule has 3 atom stereocenters. The van der Waals surface area contributed by atoms with Crippen LogP contribution in [0.25, 0.3) is 0 Å². The maximum absolute atomic E-state index is 13.6. The van der Waals surface area contributed by atoms with Crippen LogP contribution < -0.4 is 5.32 Å². The molecule has 9 nitrogen and oxygen atoms in total. The van der Waals surface area contributed by atoms with Gasteiger partial charge in [-0.3, -0.25) is 18.6 Å². The van der Waals surface area contributed by atoms with Gasteiger partial charge in [-0.1, -0.05) is 302 Å². The molecule has 79 heavy (non-hydrogen) atoms. The Balaban J connectivity index is 5.12. The van der Waals surface area contributed by atoms with Crippen LogP contribution in [-0.4, -0.2) is 74.3 Å². The summed E-state index contributed by atoms with van der Waals surface area (Å²) < 4.78 is 30.8. The Labute approximate surface area is 491 Å². The van der Waals surface area contributed by atoms with E-state index in [0.29, 0.717) is 17.4 Å². The molecule has 0 aliphatic heterocycles. The average Bonchev–Trinajstić information content (AvgIpc) is 3.41. The maximum atomic E-state index is 13.6. The van der Waals surface area contributed by atoms with Gasteiger partial charge < -0.3 is 19.4 Å². The summed E-state index contributed by atoms with van der Waals surface area (Å²) in [5, 5.41) is 3.07. The van der Waals surface area contributed by atoms with E-state index in [4.69, 9.17) is 13.8 Å². The molecule has 0 spiro atoms. The van der Waals surface area contributed by atoms with Crippen molar-refractivity contribution >= 4 is 19.7 Å². The van der Waals surface area contributed by atoms with Crippen LogP contribution in [0.5, 0.6) is 0 Å². The molecular formula is C69H134N2O7P+. The fourth-order valence-corrected chi connectivity index (χ4v) is 11.0. The lowest BCUT2D eigenvalue weighted by Crippen LogP contribution is -2.47. The van der Waals surface area contributed by atoms with Crippen molar-refractivity contribution in [1.82, 2.24) is 5.32 Å². The summed E-state index contributed by atoms with van der Waals surface area (Å²) in [5.41, 5.74) is 0. The highest BCUT2D eigenvalue weighted by atomic mass is 31.2. The van der Waals surface area contributed by atoms with E-state index < -0.39 is 20.0 Å². The Bertz CT molecular complexity index is 1450. The summed E-state index contributed by atoms with van der Waals surface area (Å²) >= 11 is 0. The lowest BCUT2D eigenvalue weighted by atomic mass is 10.0. The summed E-state index contributed by atoms with van der Waals surface area (Å²) in [7, 11) is 1.51. The van der Waals surface area contributed by atoms with Gasteiger partial charge in [0.15, 0.2) is 0 Å². The molecular weight excluding hydrogens is 1000 g/mol. The molecule has 0 aliphatic rings. The van der Waals surface area contributed by atoms with Gasteiger partial charge in [-0.2, -0.15) is 0 Å². The summed E-state index contributed by atoms with van der Waals surface area (Å²) in [5.74, 6) is -0.496. The number of carbonyl (C=O) groups is 2. The quantitative estimate of drug-likeness (QED) is 0.0205. The molecule has 10 heteroatoms. The minimum atomic E-state index is -4.45. The van der Waals surface area contributed by atoms with E-state index in [1.54, 1.807) is 0 Å². The van der Waals surface area contributed by atoms with Gasteiger partial charge in [-0.05, 0) is 63.9 Å². The number of allylic oxidation sites excluding steroid dienone is 5. The smallest absolute Gasteiger partial charge is 0.456 e. The summed E-state index contributed by atoms with van der Waals surface area (Å²) in [4.78, 5) is 37.8. The van der Waals surface area contributed by atoms with Crippen LogP contribution in [0.4, 0.5) is 0 Å². The molecule has 0 fully saturated rings. The van der Waals surface area contributed by atoms with Crippen LogP contribution in [0.15, 0.2) is 36.5 Å². The van der Waals surface area contributed by atoms with Crippen LogP contribution in [0.2, 0.25) is 0 Å². The van der Waals surface area contributed by atoms with Crippen molar-refractivity contribution in [3.05, 3.63) is 36.5 Å². The number of esters is 1. The zero-order chi connectivity index (χ0) is 57.9. The Kier molecular flexibility index (Phi) is 58.1. The zero-order valence-corrected chi connectivity index (χ0v) is 54.3. The number of unbranched alkanes of at least 4 members (excludes halogenated alkanes) is 43. The molecule has 0 rings (SSSR count). The van der Waals surface area contributed by atoms with E-state index in [9.17, 15) is 19.0 Å². The van der Waals surface area contributed by atoms with Crippen molar-refractivity contribution in [2.24, 2.45) is 0 Å². The first-order valence-electron chi connectivity index (χ1n) is 34.3. The summed E-state index contributed by atoms with van der Waals surface area (Å²) in [6, 6.07) is -0.848. The number of hydrogen-bond donors (Lipinski definition) is 2. The summed E-state index contributed by atoms with van der Waals surface area (Å²) in [6.07, 6.45) is 72.9. The normalized spacial score (nSPS) is 13.8. The molecule has 0 aromatic heterocycles. The van der Waals surface area contributed by atoms with Crippen molar-refractivity contribution in [1.29, 1.82) is 0 Å². The first-order valence-corrected chi connectivity index (χ1v) is 35.8. The van der Waals surface area contributed by atoms with Gasteiger partial charge in [0.05, 0.1) is 33.8 Å². The van der Waals surface area contributed by atoms with Gasteiger partial charge in [0.25, 0.3) is 0 Å². The predicted molar refractivity (Wildman–Crippen MR) is 342 cm³/mol. The number of hydrogen-bond acceptors (Lipinski definition) is 6. The van der Waals surface area contributed by atoms with Gasteiger partial charge >= 0.3 is 13.8 Å². The number of likely N-dealkylation sites (N-methyl/N-ethyl adjacent to an activating group) is 1. The van der Waals surface area contributed by atoms with Crippen molar-refractivity contribution in [3.63, 3.8) is 0 Å². The Morgan fingerprint density at radius 1 is 0.443 bits per heavy atom. The van der Waals surface area contributed by atoms with Crippen LogP contribution in [0.1, 0.15) is 342 Å². The van der Waals surface area contributed by atoms with Crippen LogP contribution in [0, 0.1) is 0 Å². The second kappa shape index (κ2) is 59.4. The highest BCUT2D eigenvalue weighted by molar-refractivity contribution is 7.47.